The van der Waals surface area contributed by atoms with Crippen molar-refractivity contribution in [2.75, 3.05) is 14.2 Å². The molecular weight excluding hydrogens is 252 g/mol. The Morgan fingerprint density at radius 3 is 2.11 bits per heavy atom. The molecule has 1 aromatic rings. The summed E-state index contributed by atoms with van der Waals surface area (Å²) < 4.78 is 9.99. The fraction of sp³-hybridized carbons (Fsp3) is 0.167. The van der Waals surface area contributed by atoms with Gasteiger partial charge in [0.25, 0.3) is 5.91 Å². The minimum atomic E-state index is -0.575. The predicted octanol–water partition coefficient (Wildman–Crippen LogP) is 0.590. The highest BCUT2D eigenvalue weighted by Crippen LogP contribution is 2.37. The summed E-state index contributed by atoms with van der Waals surface area (Å²) in [5.74, 6) is -0.241. The van der Waals surface area contributed by atoms with Crippen LogP contribution in [0.2, 0.25) is 0 Å². The SMILES string of the molecule is COc1cc(/C=C2/NC(=O)NC2=O)cc(OC)c1O. The fourth-order valence-electron chi connectivity index (χ4n) is 1.65. The molecule has 0 saturated carbocycles. The lowest BCUT2D eigenvalue weighted by atomic mass is 10.1. The summed E-state index contributed by atoms with van der Waals surface area (Å²) in [6.45, 7) is 0. The Balaban J connectivity index is 2.43. The van der Waals surface area contributed by atoms with Gasteiger partial charge in [-0.15, -0.1) is 0 Å². The maximum absolute atomic E-state index is 11.4. The lowest BCUT2D eigenvalue weighted by Gasteiger charge is -2.09. The molecule has 0 unspecified atom stereocenters. The van der Waals surface area contributed by atoms with Crippen molar-refractivity contribution in [3.8, 4) is 17.2 Å². The zero-order valence-electron chi connectivity index (χ0n) is 10.3. The van der Waals surface area contributed by atoms with E-state index in [2.05, 4.69) is 10.6 Å². The molecule has 0 aliphatic carbocycles. The third kappa shape index (κ3) is 2.44. The van der Waals surface area contributed by atoms with E-state index in [1.54, 1.807) is 0 Å². The summed E-state index contributed by atoms with van der Waals surface area (Å²) in [7, 11) is 2.80. The number of aromatic hydroxyl groups is 1. The van der Waals surface area contributed by atoms with E-state index in [9.17, 15) is 14.7 Å². The summed E-state index contributed by atoms with van der Waals surface area (Å²) in [6, 6.07) is 2.46. The molecule has 0 radical (unpaired) electrons. The van der Waals surface area contributed by atoms with Gasteiger partial charge in [0.2, 0.25) is 5.75 Å². The van der Waals surface area contributed by atoms with Gasteiger partial charge in [-0.05, 0) is 23.8 Å². The van der Waals surface area contributed by atoms with Gasteiger partial charge in [0, 0.05) is 0 Å². The number of carbonyl (C=O) groups is 2. The molecule has 0 atom stereocenters. The van der Waals surface area contributed by atoms with E-state index in [-0.39, 0.29) is 22.9 Å². The van der Waals surface area contributed by atoms with E-state index in [4.69, 9.17) is 9.47 Å². The first-order valence-corrected chi connectivity index (χ1v) is 5.34. The maximum Gasteiger partial charge on any atom is 0.326 e. The summed E-state index contributed by atoms with van der Waals surface area (Å²) in [4.78, 5) is 22.4. The van der Waals surface area contributed by atoms with Crippen LogP contribution in [0.25, 0.3) is 6.08 Å². The maximum atomic E-state index is 11.4. The van der Waals surface area contributed by atoms with Crippen LogP contribution in [0.3, 0.4) is 0 Å². The van der Waals surface area contributed by atoms with Gasteiger partial charge in [-0.3, -0.25) is 10.1 Å². The van der Waals surface area contributed by atoms with Gasteiger partial charge in [-0.2, -0.15) is 0 Å². The number of phenolic OH excluding ortho intramolecular Hbond substituents is 1. The van der Waals surface area contributed by atoms with Crippen molar-refractivity contribution in [1.29, 1.82) is 0 Å². The van der Waals surface area contributed by atoms with Gasteiger partial charge in [-0.1, -0.05) is 0 Å². The first kappa shape index (κ1) is 12.7. The van der Waals surface area contributed by atoms with Crippen LogP contribution < -0.4 is 20.1 Å². The molecule has 0 bridgehead atoms. The predicted molar refractivity (Wildman–Crippen MR) is 65.9 cm³/mol. The largest absolute Gasteiger partial charge is 0.502 e. The highest BCUT2D eigenvalue weighted by Gasteiger charge is 2.23. The van der Waals surface area contributed by atoms with Gasteiger partial charge < -0.3 is 19.9 Å². The number of ether oxygens (including phenoxy) is 2. The van der Waals surface area contributed by atoms with E-state index in [0.29, 0.717) is 5.56 Å². The number of hydrogen-bond donors (Lipinski definition) is 3. The average Bonchev–Trinajstić information content (AvgIpc) is 2.69. The number of carbonyl (C=O) groups excluding carboxylic acids is 2. The Labute approximate surface area is 108 Å². The third-order valence-electron chi connectivity index (χ3n) is 2.53. The van der Waals surface area contributed by atoms with Crippen molar-refractivity contribution in [2.45, 2.75) is 0 Å². The summed E-state index contributed by atoms with van der Waals surface area (Å²) >= 11 is 0. The average molecular weight is 264 g/mol. The number of methoxy groups -OCH3 is 2. The first-order valence-electron chi connectivity index (χ1n) is 5.34. The number of nitrogens with one attached hydrogen (secondary N) is 2. The lowest BCUT2D eigenvalue weighted by molar-refractivity contribution is -0.115. The summed E-state index contributed by atoms with van der Waals surface area (Å²) in [5, 5.41) is 14.2. The molecule has 1 aliphatic heterocycles. The van der Waals surface area contributed by atoms with E-state index in [0.717, 1.165) is 0 Å². The molecule has 7 nitrogen and oxygen atoms in total. The number of amides is 3. The molecule has 19 heavy (non-hydrogen) atoms. The molecule has 1 fully saturated rings. The van der Waals surface area contributed by atoms with Crippen LogP contribution >= 0.6 is 0 Å². The molecule has 1 heterocycles. The number of hydrogen-bond acceptors (Lipinski definition) is 5. The minimum Gasteiger partial charge on any atom is -0.502 e. The van der Waals surface area contributed by atoms with Crippen LogP contribution in [0.4, 0.5) is 4.79 Å². The molecular formula is C12H12N2O5. The van der Waals surface area contributed by atoms with Gasteiger partial charge in [0.1, 0.15) is 5.70 Å². The number of rotatable bonds is 3. The van der Waals surface area contributed by atoms with E-state index < -0.39 is 11.9 Å². The van der Waals surface area contributed by atoms with Gasteiger partial charge in [0.05, 0.1) is 14.2 Å². The van der Waals surface area contributed by atoms with Crippen LogP contribution in [0.15, 0.2) is 17.8 Å². The van der Waals surface area contributed by atoms with Crippen LogP contribution in [-0.4, -0.2) is 31.3 Å². The normalized spacial score (nSPS) is 16.2. The second kappa shape index (κ2) is 4.89. The topological polar surface area (TPSA) is 96.9 Å². The van der Waals surface area contributed by atoms with Crippen LogP contribution in [-0.2, 0) is 4.79 Å². The van der Waals surface area contributed by atoms with Crippen molar-refractivity contribution >= 4 is 18.0 Å². The Bertz CT molecular complexity index is 554. The highest BCUT2D eigenvalue weighted by molar-refractivity contribution is 6.14. The van der Waals surface area contributed by atoms with Crippen molar-refractivity contribution < 1.29 is 24.2 Å². The van der Waals surface area contributed by atoms with Crippen molar-refractivity contribution in [3.05, 3.63) is 23.4 Å². The van der Waals surface area contributed by atoms with Crippen molar-refractivity contribution in [1.82, 2.24) is 10.6 Å². The van der Waals surface area contributed by atoms with Crippen LogP contribution in [0.1, 0.15) is 5.56 Å². The molecule has 2 rings (SSSR count). The Hall–Kier alpha value is -2.70. The number of phenols is 1. The summed E-state index contributed by atoms with van der Waals surface area (Å²) in [6.07, 6.45) is 1.45. The lowest BCUT2D eigenvalue weighted by Crippen LogP contribution is -2.22. The highest BCUT2D eigenvalue weighted by atomic mass is 16.5. The van der Waals surface area contributed by atoms with Gasteiger partial charge in [-0.25, -0.2) is 4.79 Å². The van der Waals surface area contributed by atoms with Crippen LogP contribution in [0.5, 0.6) is 17.2 Å². The standard InChI is InChI=1S/C12H12N2O5/c1-18-8-4-6(5-9(19-2)10(8)15)3-7-11(16)14-12(17)13-7/h3-5,15H,1-2H3,(H2,13,14,16,17)/b7-3+. The van der Waals surface area contributed by atoms with Gasteiger partial charge >= 0.3 is 6.03 Å². The van der Waals surface area contributed by atoms with E-state index in [1.807, 2.05) is 0 Å². The molecule has 3 N–H and O–H groups in total. The second-order valence-corrected chi connectivity index (χ2v) is 3.74. The van der Waals surface area contributed by atoms with Crippen LogP contribution in [0, 0.1) is 0 Å². The monoisotopic (exact) mass is 264 g/mol. The van der Waals surface area contributed by atoms with Crippen molar-refractivity contribution in [2.24, 2.45) is 0 Å². The van der Waals surface area contributed by atoms with E-state index in [1.165, 1.54) is 32.4 Å². The Kier molecular flexibility index (Phi) is 3.28. The molecule has 7 heteroatoms. The molecule has 1 aromatic carbocycles. The zero-order chi connectivity index (χ0) is 14.0. The molecule has 100 valence electrons. The zero-order valence-corrected chi connectivity index (χ0v) is 10.3. The fourth-order valence-corrected chi connectivity index (χ4v) is 1.65. The van der Waals surface area contributed by atoms with Crippen molar-refractivity contribution in [3.63, 3.8) is 0 Å². The van der Waals surface area contributed by atoms with Gasteiger partial charge in [0.15, 0.2) is 11.5 Å². The smallest absolute Gasteiger partial charge is 0.326 e. The Morgan fingerprint density at radius 1 is 1.11 bits per heavy atom. The number of imide groups is 1. The summed E-state index contributed by atoms with van der Waals surface area (Å²) in [5.41, 5.74) is 0.652. The molecule has 0 aromatic heterocycles. The minimum absolute atomic E-state index is 0.111. The first-order chi connectivity index (χ1) is 9.05. The molecule has 1 aliphatic rings. The molecule has 0 spiro atoms. The molecule has 1 saturated heterocycles. The third-order valence-corrected chi connectivity index (χ3v) is 2.53. The number of benzene rings is 1. The molecule has 3 amide bonds. The Morgan fingerprint density at radius 2 is 1.68 bits per heavy atom. The quantitative estimate of drug-likeness (QED) is 0.548. The second-order valence-electron chi connectivity index (χ2n) is 3.74. The number of urea groups is 1. The van der Waals surface area contributed by atoms with E-state index >= 15 is 0 Å².